The van der Waals surface area contributed by atoms with E-state index in [9.17, 15) is 8.42 Å². The van der Waals surface area contributed by atoms with Gasteiger partial charge in [0.1, 0.15) is 12.4 Å². The Kier molecular flexibility index (Phi) is 5.01. The minimum Gasteiger partial charge on any atom is -0.492 e. The highest BCUT2D eigenvalue weighted by molar-refractivity contribution is 7.89. The van der Waals surface area contributed by atoms with Crippen LogP contribution in [-0.2, 0) is 10.0 Å². The van der Waals surface area contributed by atoms with Crippen LogP contribution < -0.4 is 14.8 Å². The van der Waals surface area contributed by atoms with Crippen molar-refractivity contribution in [2.45, 2.75) is 30.7 Å². The second-order valence-electron chi connectivity index (χ2n) is 5.17. The molecule has 2 N–H and O–H groups in total. The molecule has 1 aliphatic rings. The second-order valence-corrected chi connectivity index (χ2v) is 6.88. The molecule has 0 aromatic heterocycles. The minimum absolute atomic E-state index is 0.00607. The third-order valence-corrected chi connectivity index (χ3v) is 5.00. The molecule has 0 amide bonds. The third-order valence-electron chi connectivity index (χ3n) is 3.42. The largest absolute Gasteiger partial charge is 0.492 e. The Labute approximate surface area is 120 Å². The molecular weight excluding hydrogens is 276 g/mol. The zero-order valence-electron chi connectivity index (χ0n) is 11.9. The first kappa shape index (κ1) is 15.3. The van der Waals surface area contributed by atoms with E-state index < -0.39 is 10.0 Å². The predicted molar refractivity (Wildman–Crippen MR) is 78.4 cm³/mol. The van der Waals surface area contributed by atoms with E-state index in [1.807, 2.05) is 14.0 Å². The number of nitrogens with one attached hydrogen (secondary N) is 2. The molecule has 0 aliphatic heterocycles. The van der Waals surface area contributed by atoms with Gasteiger partial charge in [0.25, 0.3) is 0 Å². The van der Waals surface area contributed by atoms with Crippen LogP contribution >= 0.6 is 0 Å². The molecule has 112 valence electrons. The van der Waals surface area contributed by atoms with Crippen molar-refractivity contribution in [3.63, 3.8) is 0 Å². The smallest absolute Gasteiger partial charge is 0.240 e. The lowest BCUT2D eigenvalue weighted by Crippen LogP contribution is -2.33. The number of hydrogen-bond donors (Lipinski definition) is 2. The van der Waals surface area contributed by atoms with Gasteiger partial charge in [-0.05, 0) is 57.0 Å². The average Bonchev–Trinajstić information content (AvgIpc) is 3.23. The molecule has 0 bridgehead atoms. The van der Waals surface area contributed by atoms with E-state index in [4.69, 9.17) is 4.74 Å². The van der Waals surface area contributed by atoms with Crippen LogP contribution in [0, 0.1) is 5.92 Å². The fourth-order valence-corrected chi connectivity index (χ4v) is 3.30. The molecular formula is C14H22N2O3S. The number of sulfonamides is 1. The zero-order chi connectivity index (χ0) is 14.6. The number of likely N-dealkylation sites (N-methyl/N-ethyl adjacent to an activating group) is 1. The first-order valence-corrected chi connectivity index (χ1v) is 8.41. The van der Waals surface area contributed by atoms with Gasteiger partial charge in [0, 0.05) is 12.6 Å². The highest BCUT2D eigenvalue weighted by Crippen LogP contribution is 2.33. The van der Waals surface area contributed by atoms with Crippen LogP contribution in [0.2, 0.25) is 0 Å². The van der Waals surface area contributed by atoms with Crippen molar-refractivity contribution >= 4 is 10.0 Å². The maximum Gasteiger partial charge on any atom is 0.240 e. The highest BCUT2D eigenvalue weighted by atomic mass is 32.2. The van der Waals surface area contributed by atoms with Gasteiger partial charge in [0.15, 0.2) is 0 Å². The van der Waals surface area contributed by atoms with Crippen molar-refractivity contribution in [1.82, 2.24) is 10.0 Å². The zero-order valence-corrected chi connectivity index (χ0v) is 12.7. The lowest BCUT2D eigenvalue weighted by Gasteiger charge is -2.13. The number of hydrogen-bond acceptors (Lipinski definition) is 4. The minimum atomic E-state index is -3.42. The Balaban J connectivity index is 1.97. The molecule has 1 saturated carbocycles. The van der Waals surface area contributed by atoms with Gasteiger partial charge in [-0.15, -0.1) is 0 Å². The summed E-state index contributed by atoms with van der Waals surface area (Å²) in [4.78, 5) is 0.283. The van der Waals surface area contributed by atoms with E-state index in [2.05, 4.69) is 10.0 Å². The molecule has 6 heteroatoms. The topological polar surface area (TPSA) is 67.4 Å². The van der Waals surface area contributed by atoms with E-state index in [0.29, 0.717) is 18.3 Å². The van der Waals surface area contributed by atoms with Crippen LogP contribution in [-0.4, -0.2) is 34.7 Å². The Morgan fingerprint density at radius 3 is 2.50 bits per heavy atom. The standard InChI is InChI=1S/C14H22N2O3S/c1-11(12-3-4-12)16-20(17,18)14-7-5-13(6-8-14)19-10-9-15-2/h5-8,11-12,15-16H,3-4,9-10H2,1-2H3. The molecule has 1 aliphatic carbocycles. The van der Waals surface area contributed by atoms with E-state index in [1.54, 1.807) is 24.3 Å². The molecule has 0 saturated heterocycles. The molecule has 0 heterocycles. The van der Waals surface area contributed by atoms with Crippen LogP contribution in [0.5, 0.6) is 5.75 Å². The van der Waals surface area contributed by atoms with Crippen LogP contribution in [0.1, 0.15) is 19.8 Å². The normalized spacial score (nSPS) is 16.9. The highest BCUT2D eigenvalue weighted by Gasteiger charge is 2.31. The Morgan fingerprint density at radius 2 is 1.95 bits per heavy atom. The van der Waals surface area contributed by atoms with Crippen molar-refractivity contribution < 1.29 is 13.2 Å². The fraction of sp³-hybridized carbons (Fsp3) is 0.571. The van der Waals surface area contributed by atoms with Gasteiger partial charge in [-0.25, -0.2) is 13.1 Å². The average molecular weight is 298 g/mol. The van der Waals surface area contributed by atoms with Crippen molar-refractivity contribution in [3.8, 4) is 5.75 Å². The van der Waals surface area contributed by atoms with Gasteiger partial charge in [-0.3, -0.25) is 0 Å². The third kappa shape index (κ3) is 4.19. The summed E-state index contributed by atoms with van der Waals surface area (Å²) in [5, 5.41) is 2.98. The summed E-state index contributed by atoms with van der Waals surface area (Å²) in [6.45, 7) is 3.23. The summed E-state index contributed by atoms with van der Waals surface area (Å²) in [5.74, 6) is 1.17. The Morgan fingerprint density at radius 1 is 1.30 bits per heavy atom. The quantitative estimate of drug-likeness (QED) is 0.711. The van der Waals surface area contributed by atoms with Crippen molar-refractivity contribution in [2.75, 3.05) is 20.2 Å². The molecule has 0 spiro atoms. The van der Waals surface area contributed by atoms with Crippen LogP contribution in [0.25, 0.3) is 0 Å². The number of benzene rings is 1. The van der Waals surface area contributed by atoms with Crippen LogP contribution in [0.4, 0.5) is 0 Å². The lowest BCUT2D eigenvalue weighted by atomic mass is 10.2. The molecule has 5 nitrogen and oxygen atoms in total. The monoisotopic (exact) mass is 298 g/mol. The molecule has 1 aromatic carbocycles. The maximum atomic E-state index is 12.2. The van der Waals surface area contributed by atoms with Gasteiger partial charge in [0.05, 0.1) is 4.90 Å². The molecule has 2 rings (SSSR count). The molecule has 1 aromatic rings. The van der Waals surface area contributed by atoms with E-state index in [0.717, 1.165) is 19.4 Å². The maximum absolute atomic E-state index is 12.2. The first-order valence-electron chi connectivity index (χ1n) is 6.93. The number of rotatable bonds is 8. The van der Waals surface area contributed by atoms with E-state index in [1.165, 1.54) is 0 Å². The summed E-state index contributed by atoms with van der Waals surface area (Å²) in [6, 6.07) is 6.54. The van der Waals surface area contributed by atoms with Crippen LogP contribution in [0.3, 0.4) is 0 Å². The van der Waals surface area contributed by atoms with Gasteiger partial charge in [-0.2, -0.15) is 0 Å². The molecule has 1 unspecified atom stereocenters. The molecule has 20 heavy (non-hydrogen) atoms. The van der Waals surface area contributed by atoms with E-state index in [-0.39, 0.29) is 10.9 Å². The predicted octanol–water partition coefficient (Wildman–Crippen LogP) is 1.36. The summed E-state index contributed by atoms with van der Waals surface area (Å²) < 4.78 is 32.6. The van der Waals surface area contributed by atoms with Crippen molar-refractivity contribution in [1.29, 1.82) is 0 Å². The number of ether oxygens (including phenoxy) is 1. The van der Waals surface area contributed by atoms with Crippen molar-refractivity contribution in [3.05, 3.63) is 24.3 Å². The van der Waals surface area contributed by atoms with Gasteiger partial charge < -0.3 is 10.1 Å². The molecule has 0 radical (unpaired) electrons. The molecule has 1 fully saturated rings. The van der Waals surface area contributed by atoms with Gasteiger partial charge >= 0.3 is 0 Å². The van der Waals surface area contributed by atoms with Crippen LogP contribution in [0.15, 0.2) is 29.2 Å². The van der Waals surface area contributed by atoms with Gasteiger partial charge in [0.2, 0.25) is 10.0 Å². The summed E-state index contributed by atoms with van der Waals surface area (Å²) in [6.07, 6.45) is 2.23. The van der Waals surface area contributed by atoms with Crippen molar-refractivity contribution in [2.24, 2.45) is 5.92 Å². The SMILES string of the molecule is CNCCOc1ccc(S(=O)(=O)NC(C)C2CC2)cc1. The molecule has 1 atom stereocenters. The summed E-state index contributed by atoms with van der Waals surface area (Å²) in [7, 11) is -1.57. The fourth-order valence-electron chi connectivity index (χ4n) is 1.99. The van der Waals surface area contributed by atoms with E-state index >= 15 is 0 Å². The Hall–Kier alpha value is -1.11. The Bertz CT molecular complexity index is 524. The summed E-state index contributed by atoms with van der Waals surface area (Å²) >= 11 is 0. The first-order chi connectivity index (χ1) is 9.53. The second kappa shape index (κ2) is 6.56. The van der Waals surface area contributed by atoms with Gasteiger partial charge in [-0.1, -0.05) is 0 Å². The summed E-state index contributed by atoms with van der Waals surface area (Å²) in [5.41, 5.74) is 0. The lowest BCUT2D eigenvalue weighted by molar-refractivity contribution is 0.318.